The summed E-state index contributed by atoms with van der Waals surface area (Å²) in [6.45, 7) is -0.515. The number of benzene rings is 1. The van der Waals surface area contributed by atoms with Gasteiger partial charge in [0.2, 0.25) is 11.3 Å². The number of aliphatic hydroxyl groups is 1. The van der Waals surface area contributed by atoms with Crippen molar-refractivity contribution in [3.8, 4) is 5.75 Å². The molecule has 0 radical (unpaired) electrons. The quantitative estimate of drug-likeness (QED) is 0.643. The number of urea groups is 1. The highest BCUT2D eigenvalue weighted by molar-refractivity contribution is 7.86. The van der Waals surface area contributed by atoms with Crippen molar-refractivity contribution in [3.05, 3.63) is 23.2 Å². The zero-order valence-corrected chi connectivity index (χ0v) is 13.2. The first-order chi connectivity index (χ1) is 10.7. The molecule has 1 heterocycles. The van der Waals surface area contributed by atoms with E-state index in [0.29, 0.717) is 5.69 Å². The Hall–Kier alpha value is -1.88. The molecule has 23 heavy (non-hydrogen) atoms. The maximum Gasteiger partial charge on any atom is 0.328 e. The van der Waals surface area contributed by atoms with Gasteiger partial charge >= 0.3 is 6.03 Å². The zero-order chi connectivity index (χ0) is 17.2. The number of halogens is 1. The second-order valence-corrected chi connectivity index (χ2v) is 6.63. The minimum atomic E-state index is -4.62. The summed E-state index contributed by atoms with van der Waals surface area (Å²) in [5.74, 6) is -0.239. The minimum absolute atomic E-state index is 0.133. The van der Waals surface area contributed by atoms with Crippen molar-refractivity contribution in [3.63, 3.8) is 0 Å². The van der Waals surface area contributed by atoms with Crippen LogP contribution < -0.4 is 15.0 Å². The molecule has 9 nitrogen and oxygen atoms in total. The van der Waals surface area contributed by atoms with Gasteiger partial charge in [-0.3, -0.25) is 19.6 Å². The number of rotatable bonds is 5. The lowest BCUT2D eigenvalue weighted by Crippen LogP contribution is -2.49. The average molecular weight is 365 g/mol. The number of amides is 3. The van der Waals surface area contributed by atoms with Crippen molar-refractivity contribution >= 4 is 39.3 Å². The third-order valence-corrected chi connectivity index (χ3v) is 4.13. The Labute approximate surface area is 136 Å². The summed E-state index contributed by atoms with van der Waals surface area (Å²) in [6.07, 6.45) is 0.140. The lowest BCUT2D eigenvalue weighted by Gasteiger charge is -2.27. The first-order valence-electron chi connectivity index (χ1n) is 6.36. The highest BCUT2D eigenvalue weighted by Crippen LogP contribution is 2.31. The molecule has 3 amide bonds. The fourth-order valence-electron chi connectivity index (χ4n) is 1.84. The Morgan fingerprint density at radius 2 is 2.09 bits per heavy atom. The Kier molecular flexibility index (Phi) is 5.09. The van der Waals surface area contributed by atoms with E-state index in [-0.39, 0.29) is 29.6 Å². The first kappa shape index (κ1) is 17.5. The topological polar surface area (TPSA) is 133 Å². The first-order valence-corrected chi connectivity index (χ1v) is 8.24. The number of carbonyl (C=O) groups is 2. The van der Waals surface area contributed by atoms with Gasteiger partial charge in [0.25, 0.3) is 10.1 Å². The molecule has 126 valence electrons. The maximum absolute atomic E-state index is 11.7. The van der Waals surface area contributed by atoms with Crippen LogP contribution in [0, 0.1) is 0 Å². The lowest BCUT2D eigenvalue weighted by molar-refractivity contribution is -0.120. The number of ether oxygens (including phenoxy) is 1. The maximum atomic E-state index is 11.7. The largest absolute Gasteiger partial charge is 0.490 e. The summed E-state index contributed by atoms with van der Waals surface area (Å²) in [4.78, 5) is 24.1. The van der Waals surface area contributed by atoms with Crippen LogP contribution in [0.1, 0.15) is 6.42 Å². The number of nitrogens with zero attached hydrogens (tertiary/aromatic N) is 1. The van der Waals surface area contributed by atoms with Crippen molar-refractivity contribution in [2.75, 3.05) is 18.1 Å². The van der Waals surface area contributed by atoms with Crippen LogP contribution in [0.3, 0.4) is 0 Å². The van der Waals surface area contributed by atoms with Crippen molar-refractivity contribution in [1.82, 2.24) is 5.32 Å². The van der Waals surface area contributed by atoms with Crippen molar-refractivity contribution in [1.29, 1.82) is 0 Å². The summed E-state index contributed by atoms with van der Waals surface area (Å²) >= 11 is 6.05. The molecule has 0 bridgehead atoms. The Morgan fingerprint density at radius 1 is 1.39 bits per heavy atom. The number of anilines is 1. The van der Waals surface area contributed by atoms with Crippen LogP contribution >= 0.6 is 11.6 Å². The highest BCUT2D eigenvalue weighted by Gasteiger charge is 2.26. The molecule has 0 saturated carbocycles. The average Bonchev–Trinajstić information content (AvgIpc) is 2.44. The summed E-state index contributed by atoms with van der Waals surface area (Å²) in [5, 5.41) is 11.4. The second-order valence-electron chi connectivity index (χ2n) is 4.65. The molecule has 1 aromatic carbocycles. The molecule has 1 atom stereocenters. The van der Waals surface area contributed by atoms with Crippen molar-refractivity contribution in [2.24, 2.45) is 0 Å². The van der Waals surface area contributed by atoms with E-state index in [1.165, 1.54) is 23.1 Å². The molecule has 1 aliphatic rings. The molecule has 3 N–H and O–H groups in total. The van der Waals surface area contributed by atoms with E-state index in [4.69, 9.17) is 26.0 Å². The third kappa shape index (κ3) is 4.32. The summed E-state index contributed by atoms with van der Waals surface area (Å²) in [7, 11) is -4.62. The van der Waals surface area contributed by atoms with Crippen LogP contribution in [0.4, 0.5) is 10.5 Å². The van der Waals surface area contributed by atoms with Crippen molar-refractivity contribution in [2.45, 2.75) is 11.9 Å². The van der Waals surface area contributed by atoms with Crippen LogP contribution in [0.5, 0.6) is 5.75 Å². The fraction of sp³-hybridized carbons (Fsp3) is 0.333. The molecule has 0 aliphatic carbocycles. The Balaban J connectivity index is 2.09. The molecule has 0 aromatic heterocycles. The van der Waals surface area contributed by atoms with E-state index < -0.39 is 28.2 Å². The van der Waals surface area contributed by atoms with E-state index in [9.17, 15) is 18.0 Å². The number of nitrogens with one attached hydrogen (secondary N) is 1. The number of imide groups is 1. The van der Waals surface area contributed by atoms with E-state index in [1.54, 1.807) is 0 Å². The normalized spacial score (nSPS) is 16.9. The minimum Gasteiger partial charge on any atom is -0.490 e. The van der Waals surface area contributed by atoms with Crippen LogP contribution in [0.25, 0.3) is 0 Å². The van der Waals surface area contributed by atoms with E-state index in [0.717, 1.165) is 0 Å². The van der Waals surface area contributed by atoms with E-state index in [2.05, 4.69) is 5.32 Å². The third-order valence-electron chi connectivity index (χ3n) is 3.00. The highest BCUT2D eigenvalue weighted by atomic mass is 35.5. The molecule has 2 rings (SSSR count). The molecule has 1 fully saturated rings. The van der Waals surface area contributed by atoms with Gasteiger partial charge < -0.3 is 9.84 Å². The van der Waals surface area contributed by atoms with Gasteiger partial charge in [-0.15, -0.1) is 0 Å². The zero-order valence-electron chi connectivity index (χ0n) is 11.6. The van der Waals surface area contributed by atoms with Gasteiger partial charge in [0.15, 0.2) is 0 Å². The summed E-state index contributed by atoms with van der Waals surface area (Å²) in [5.41, 5.74) is -1.74. The van der Waals surface area contributed by atoms with Gasteiger partial charge in [-0.1, -0.05) is 11.6 Å². The molecule has 1 aromatic rings. The van der Waals surface area contributed by atoms with Gasteiger partial charge in [0, 0.05) is 19.0 Å². The molecular formula is C12H13ClN2O7S. The van der Waals surface area contributed by atoms with Gasteiger partial charge in [0.05, 0.1) is 10.7 Å². The smallest absolute Gasteiger partial charge is 0.328 e. The predicted molar refractivity (Wildman–Crippen MR) is 80.0 cm³/mol. The lowest BCUT2D eigenvalue weighted by atomic mass is 10.2. The molecule has 11 heteroatoms. The number of hydrogen-bond acceptors (Lipinski definition) is 6. The molecule has 0 spiro atoms. The Bertz CT molecular complexity index is 737. The van der Waals surface area contributed by atoms with Gasteiger partial charge in [-0.05, 0) is 12.1 Å². The van der Waals surface area contributed by atoms with Crippen LogP contribution in [0.2, 0.25) is 5.02 Å². The Morgan fingerprint density at radius 3 is 2.65 bits per heavy atom. The van der Waals surface area contributed by atoms with Gasteiger partial charge in [-0.2, -0.15) is 8.42 Å². The monoisotopic (exact) mass is 364 g/mol. The fourth-order valence-corrected chi connectivity index (χ4v) is 2.36. The number of carbonyl (C=O) groups excluding carboxylic acids is 2. The standard InChI is InChI=1S/C12H13ClN2O7S/c13-8-5-7(22-6-11(17)23(19,20)21)1-2-9(8)15-4-3-10(16)14-12(15)18/h1-2,5,11,17H,3-4,6H2,(H,14,16,18)(H,19,20,21). The molecule has 1 unspecified atom stereocenters. The van der Waals surface area contributed by atoms with Crippen molar-refractivity contribution < 1.29 is 32.4 Å². The number of aliphatic hydroxyl groups excluding tert-OH is 1. The summed E-state index contributed by atoms with van der Waals surface area (Å²) in [6, 6.07) is 3.57. The van der Waals surface area contributed by atoms with Crippen LogP contribution in [-0.2, 0) is 14.9 Å². The number of hydrogen-bond donors (Lipinski definition) is 3. The predicted octanol–water partition coefficient (Wildman–Crippen LogP) is 0.371. The summed E-state index contributed by atoms with van der Waals surface area (Å²) < 4.78 is 35.0. The molecule has 1 aliphatic heterocycles. The van der Waals surface area contributed by atoms with Crippen LogP contribution in [0.15, 0.2) is 18.2 Å². The van der Waals surface area contributed by atoms with E-state index >= 15 is 0 Å². The molecule has 1 saturated heterocycles. The van der Waals surface area contributed by atoms with Crippen LogP contribution in [-0.4, -0.2) is 48.6 Å². The SMILES string of the molecule is O=C1CCN(c2ccc(OCC(O)S(=O)(=O)O)cc2Cl)C(=O)N1. The van der Waals surface area contributed by atoms with Gasteiger partial charge in [-0.25, -0.2) is 4.79 Å². The van der Waals surface area contributed by atoms with E-state index in [1.807, 2.05) is 0 Å². The second kappa shape index (κ2) is 6.71. The van der Waals surface area contributed by atoms with Gasteiger partial charge in [0.1, 0.15) is 12.4 Å². The molecular weight excluding hydrogens is 352 g/mol.